The van der Waals surface area contributed by atoms with E-state index in [0.29, 0.717) is 19.8 Å². The van der Waals surface area contributed by atoms with Crippen molar-refractivity contribution in [3.05, 3.63) is 77.5 Å². The molecule has 0 radical (unpaired) electrons. The second-order valence-electron chi connectivity index (χ2n) is 10.0. The van der Waals surface area contributed by atoms with E-state index in [9.17, 15) is 18.4 Å². The molecule has 0 bridgehead atoms. The average molecular weight is 619 g/mol. The van der Waals surface area contributed by atoms with Crippen LogP contribution < -0.4 is 24.4 Å². The Morgan fingerprint density at radius 3 is 2.45 bits per heavy atom. The van der Waals surface area contributed by atoms with Gasteiger partial charge in [0, 0.05) is 61.6 Å². The molecule has 2 atom stereocenters. The number of rotatable bonds is 11. The van der Waals surface area contributed by atoms with Crippen LogP contribution in [-0.4, -0.2) is 87.5 Å². The van der Waals surface area contributed by atoms with Crippen molar-refractivity contribution in [1.82, 2.24) is 15.2 Å². The number of ether oxygens (including phenoxy) is 4. The third-order valence-corrected chi connectivity index (χ3v) is 7.39. The van der Waals surface area contributed by atoms with Crippen molar-refractivity contribution in [2.24, 2.45) is 0 Å². The van der Waals surface area contributed by atoms with Gasteiger partial charge < -0.3 is 29.2 Å². The molecule has 1 aromatic heterocycles. The van der Waals surface area contributed by atoms with E-state index < -0.39 is 47.6 Å². The number of nitrogens with one attached hydrogen (secondary N) is 1. The Kier molecular flexibility index (Phi) is 9.80. The van der Waals surface area contributed by atoms with Gasteiger partial charge in [0.1, 0.15) is 41.5 Å². The smallest absolute Gasteiger partial charge is 0.387 e. The van der Waals surface area contributed by atoms with E-state index in [0.717, 1.165) is 25.2 Å². The maximum atomic E-state index is 15.3. The number of hydrogen-bond acceptors (Lipinski definition) is 8. The summed E-state index contributed by atoms with van der Waals surface area (Å²) in [6.45, 7) is 0.361. The van der Waals surface area contributed by atoms with Gasteiger partial charge in [-0.25, -0.2) is 13.8 Å². The van der Waals surface area contributed by atoms with Gasteiger partial charge in [0.15, 0.2) is 0 Å². The summed E-state index contributed by atoms with van der Waals surface area (Å²) in [5, 5.41) is 2.58. The van der Waals surface area contributed by atoms with Crippen LogP contribution in [0.25, 0.3) is 0 Å². The number of methoxy groups -OCH3 is 1. The standard InChI is InChI=1S/C30H30F4N4O6/c1-41-20-15-22(31)25(23(32)16-20)21-17-38(24-3-2-8-35-28(24)43-14-11-37-9-12-42-13-10-37)29(40)26(21)36-27(39)18-4-6-19(7-5-18)44-30(33)34/h2-8,15-16,21,26,30H,9-14,17H2,1H3,(H,36,39)/t21-,26?/m0/s1. The first-order chi connectivity index (χ1) is 21.2. The minimum Gasteiger partial charge on any atom is -0.497 e. The molecule has 2 fully saturated rings. The topological polar surface area (TPSA) is 102 Å². The normalized spacial score (nSPS) is 18.9. The maximum Gasteiger partial charge on any atom is 0.387 e. The van der Waals surface area contributed by atoms with E-state index in [-0.39, 0.29) is 41.8 Å². The van der Waals surface area contributed by atoms with Gasteiger partial charge >= 0.3 is 6.61 Å². The molecule has 5 rings (SSSR count). The molecule has 2 saturated heterocycles. The van der Waals surface area contributed by atoms with Gasteiger partial charge in [0.2, 0.25) is 11.8 Å². The van der Waals surface area contributed by atoms with Crippen molar-refractivity contribution in [3.8, 4) is 17.4 Å². The van der Waals surface area contributed by atoms with Gasteiger partial charge in [0.05, 0.1) is 20.3 Å². The highest BCUT2D eigenvalue weighted by Crippen LogP contribution is 2.38. The molecule has 0 spiro atoms. The largest absolute Gasteiger partial charge is 0.497 e. The third-order valence-electron chi connectivity index (χ3n) is 7.39. The molecule has 1 unspecified atom stereocenters. The molecule has 3 heterocycles. The van der Waals surface area contributed by atoms with Gasteiger partial charge in [-0.1, -0.05) is 0 Å². The Morgan fingerprint density at radius 1 is 1.09 bits per heavy atom. The fourth-order valence-electron chi connectivity index (χ4n) is 5.21. The van der Waals surface area contributed by atoms with Crippen molar-refractivity contribution in [3.63, 3.8) is 0 Å². The first kappa shape index (κ1) is 31.0. The molecule has 2 aliphatic rings. The summed E-state index contributed by atoms with van der Waals surface area (Å²) in [4.78, 5) is 34.8. The number of alkyl halides is 2. The maximum absolute atomic E-state index is 15.3. The highest BCUT2D eigenvalue weighted by atomic mass is 19.3. The van der Waals surface area contributed by atoms with E-state index in [4.69, 9.17) is 14.2 Å². The second kappa shape index (κ2) is 13.9. The highest BCUT2D eigenvalue weighted by molar-refractivity contribution is 6.05. The number of pyridine rings is 1. The SMILES string of the molecule is COc1cc(F)c([C@@H]2CN(c3cccnc3OCCN3CCOCC3)C(=O)C2NC(=O)c2ccc(OC(F)F)cc2)c(F)c1. The van der Waals surface area contributed by atoms with Crippen molar-refractivity contribution >= 4 is 17.5 Å². The van der Waals surface area contributed by atoms with E-state index in [1.807, 2.05) is 0 Å². The van der Waals surface area contributed by atoms with Crippen molar-refractivity contribution in [2.45, 2.75) is 18.6 Å². The zero-order chi connectivity index (χ0) is 31.2. The van der Waals surface area contributed by atoms with E-state index in [2.05, 4.69) is 19.9 Å². The van der Waals surface area contributed by atoms with Crippen LogP contribution in [0.5, 0.6) is 17.4 Å². The highest BCUT2D eigenvalue weighted by Gasteiger charge is 2.46. The predicted octanol–water partition coefficient (Wildman–Crippen LogP) is 3.61. The minimum atomic E-state index is -3.05. The summed E-state index contributed by atoms with van der Waals surface area (Å²) < 4.78 is 76.3. The number of anilines is 1. The monoisotopic (exact) mass is 618 g/mol. The number of halogens is 4. The van der Waals surface area contributed by atoms with Gasteiger partial charge in [-0.05, 0) is 36.4 Å². The number of carbonyl (C=O) groups is 2. The number of benzene rings is 2. The lowest BCUT2D eigenvalue weighted by Crippen LogP contribution is -2.44. The van der Waals surface area contributed by atoms with Gasteiger partial charge in [0.25, 0.3) is 5.91 Å². The third kappa shape index (κ3) is 7.03. The molecular formula is C30H30F4N4O6. The van der Waals surface area contributed by atoms with Crippen LogP contribution in [0.1, 0.15) is 21.8 Å². The van der Waals surface area contributed by atoms with Crippen LogP contribution in [0, 0.1) is 11.6 Å². The fourth-order valence-corrected chi connectivity index (χ4v) is 5.21. The Bertz CT molecular complexity index is 1450. The van der Waals surface area contributed by atoms with E-state index >= 15 is 8.78 Å². The van der Waals surface area contributed by atoms with E-state index in [1.54, 1.807) is 12.1 Å². The molecule has 44 heavy (non-hydrogen) atoms. The molecule has 2 aliphatic heterocycles. The Morgan fingerprint density at radius 2 is 1.80 bits per heavy atom. The Hall–Kier alpha value is -4.43. The van der Waals surface area contributed by atoms with Crippen LogP contribution in [0.3, 0.4) is 0 Å². The van der Waals surface area contributed by atoms with E-state index in [1.165, 1.54) is 42.5 Å². The first-order valence-electron chi connectivity index (χ1n) is 13.8. The van der Waals surface area contributed by atoms with Crippen molar-refractivity contribution < 1.29 is 46.1 Å². The zero-order valence-electron chi connectivity index (χ0n) is 23.7. The Balaban J connectivity index is 1.42. The van der Waals surface area contributed by atoms with Crippen LogP contribution in [-0.2, 0) is 9.53 Å². The van der Waals surface area contributed by atoms with Crippen molar-refractivity contribution in [1.29, 1.82) is 0 Å². The molecule has 2 amide bonds. The van der Waals surface area contributed by atoms with Crippen LogP contribution in [0.4, 0.5) is 23.2 Å². The predicted molar refractivity (Wildman–Crippen MR) is 149 cm³/mol. The number of amides is 2. The summed E-state index contributed by atoms with van der Waals surface area (Å²) >= 11 is 0. The molecule has 0 saturated carbocycles. The average Bonchev–Trinajstić information content (AvgIpc) is 3.32. The van der Waals surface area contributed by atoms with Crippen LogP contribution in [0.15, 0.2) is 54.7 Å². The summed E-state index contributed by atoms with van der Waals surface area (Å²) in [5.41, 5.74) is -0.129. The van der Waals surface area contributed by atoms with Crippen molar-refractivity contribution in [2.75, 3.05) is 58.0 Å². The number of nitrogens with zero attached hydrogens (tertiary/aromatic N) is 3. The summed E-state index contributed by atoms with van der Waals surface area (Å²) in [6.07, 6.45) is 1.50. The number of morpholine rings is 1. The molecule has 3 aromatic rings. The number of hydrogen-bond donors (Lipinski definition) is 1. The Labute approximate surface area is 250 Å². The summed E-state index contributed by atoms with van der Waals surface area (Å²) in [7, 11) is 1.26. The summed E-state index contributed by atoms with van der Waals surface area (Å²) in [6, 6.07) is 8.57. The molecule has 234 valence electrons. The van der Waals surface area contributed by atoms with Crippen LogP contribution >= 0.6 is 0 Å². The number of aromatic nitrogens is 1. The molecule has 2 aromatic carbocycles. The first-order valence-corrected chi connectivity index (χ1v) is 13.8. The number of carbonyl (C=O) groups excluding carboxylic acids is 2. The molecular weight excluding hydrogens is 588 g/mol. The fraction of sp³-hybridized carbons (Fsp3) is 0.367. The van der Waals surface area contributed by atoms with Gasteiger partial charge in [-0.2, -0.15) is 8.78 Å². The lowest BCUT2D eigenvalue weighted by molar-refractivity contribution is -0.118. The van der Waals surface area contributed by atoms with Gasteiger partial charge in [-0.3, -0.25) is 14.5 Å². The summed E-state index contributed by atoms with van der Waals surface area (Å²) in [5.74, 6) is -4.57. The quantitative estimate of drug-likeness (QED) is 0.326. The lowest BCUT2D eigenvalue weighted by Gasteiger charge is -2.26. The second-order valence-corrected chi connectivity index (χ2v) is 10.0. The molecule has 0 aliphatic carbocycles. The molecule has 1 N–H and O–H groups in total. The lowest BCUT2D eigenvalue weighted by atomic mass is 9.92. The molecule has 10 nitrogen and oxygen atoms in total. The molecule has 14 heteroatoms. The van der Waals surface area contributed by atoms with Gasteiger partial charge in [-0.15, -0.1) is 0 Å². The minimum absolute atomic E-state index is 0.0146. The van der Waals surface area contributed by atoms with Crippen LogP contribution in [0.2, 0.25) is 0 Å². The zero-order valence-corrected chi connectivity index (χ0v) is 23.7.